The third-order valence-corrected chi connectivity index (χ3v) is 5.44. The van der Waals surface area contributed by atoms with Gasteiger partial charge in [-0.1, -0.05) is 12.1 Å². The number of anilines is 3. The van der Waals surface area contributed by atoms with Gasteiger partial charge in [-0.15, -0.1) is 0 Å². The largest absolute Gasteiger partial charge is 0.475 e. The van der Waals surface area contributed by atoms with E-state index in [1.54, 1.807) is 24.3 Å². The van der Waals surface area contributed by atoms with E-state index in [-0.39, 0.29) is 17.7 Å². The average molecular weight is 434 g/mol. The summed E-state index contributed by atoms with van der Waals surface area (Å²) < 4.78 is 5.76. The lowest BCUT2D eigenvalue weighted by Gasteiger charge is -2.32. The van der Waals surface area contributed by atoms with Crippen LogP contribution in [0.1, 0.15) is 26.7 Å². The van der Waals surface area contributed by atoms with Gasteiger partial charge in [-0.2, -0.15) is 0 Å². The number of fused-ring (bicyclic) bond motifs is 1. The van der Waals surface area contributed by atoms with Gasteiger partial charge < -0.3 is 20.3 Å². The number of piperidine rings is 1. The standard InChI is InChI=1S/C24H27N5O3/c1-3-32-24-22(27-20-6-4-5-7-21(20)28-24)29-14-12-17(13-15-29)23(31)26-19-10-8-18(9-11-19)25-16(2)30/h4-11,17H,3,12-15H2,1-2H3,(H,25,30)(H,26,31). The van der Waals surface area contributed by atoms with Crippen LogP contribution in [0.4, 0.5) is 17.2 Å². The van der Waals surface area contributed by atoms with Crippen molar-refractivity contribution in [2.24, 2.45) is 5.92 Å². The molecule has 3 aromatic rings. The summed E-state index contributed by atoms with van der Waals surface area (Å²) in [7, 11) is 0. The molecule has 0 saturated carbocycles. The minimum atomic E-state index is -0.128. The molecule has 1 aromatic heterocycles. The van der Waals surface area contributed by atoms with E-state index in [1.807, 2.05) is 31.2 Å². The maximum absolute atomic E-state index is 12.8. The van der Waals surface area contributed by atoms with Gasteiger partial charge >= 0.3 is 0 Å². The van der Waals surface area contributed by atoms with Crippen LogP contribution in [-0.2, 0) is 9.59 Å². The summed E-state index contributed by atoms with van der Waals surface area (Å²) in [5.41, 5.74) is 3.04. The Kier molecular flexibility index (Phi) is 6.49. The zero-order chi connectivity index (χ0) is 22.5. The molecule has 32 heavy (non-hydrogen) atoms. The van der Waals surface area contributed by atoms with Crippen LogP contribution in [0.2, 0.25) is 0 Å². The first-order valence-electron chi connectivity index (χ1n) is 10.9. The Morgan fingerprint density at radius 1 is 0.969 bits per heavy atom. The maximum atomic E-state index is 12.8. The van der Waals surface area contributed by atoms with Crippen LogP contribution < -0.4 is 20.3 Å². The number of nitrogens with zero attached hydrogens (tertiary/aromatic N) is 3. The summed E-state index contributed by atoms with van der Waals surface area (Å²) in [5, 5.41) is 5.70. The molecular weight excluding hydrogens is 406 g/mol. The van der Waals surface area contributed by atoms with E-state index in [2.05, 4.69) is 20.5 Å². The zero-order valence-corrected chi connectivity index (χ0v) is 18.3. The van der Waals surface area contributed by atoms with E-state index in [0.717, 1.165) is 29.7 Å². The lowest BCUT2D eigenvalue weighted by atomic mass is 9.95. The molecule has 4 rings (SSSR count). The first-order chi connectivity index (χ1) is 15.5. The van der Waals surface area contributed by atoms with Crippen molar-refractivity contribution in [2.45, 2.75) is 26.7 Å². The quantitative estimate of drug-likeness (QED) is 0.613. The summed E-state index contributed by atoms with van der Waals surface area (Å²) in [4.78, 5) is 35.5. The van der Waals surface area contributed by atoms with Gasteiger partial charge in [-0.25, -0.2) is 9.97 Å². The normalized spacial score (nSPS) is 14.2. The van der Waals surface area contributed by atoms with Crippen LogP contribution in [0.3, 0.4) is 0 Å². The number of hydrogen-bond acceptors (Lipinski definition) is 6. The zero-order valence-electron chi connectivity index (χ0n) is 18.3. The van der Waals surface area contributed by atoms with E-state index in [0.29, 0.717) is 37.0 Å². The second-order valence-electron chi connectivity index (χ2n) is 7.78. The third kappa shape index (κ3) is 4.96. The number of carbonyl (C=O) groups excluding carboxylic acids is 2. The first kappa shape index (κ1) is 21.5. The molecule has 1 aliphatic rings. The maximum Gasteiger partial charge on any atom is 0.258 e. The molecular formula is C24H27N5O3. The number of ether oxygens (including phenoxy) is 1. The van der Waals surface area contributed by atoms with Crippen molar-refractivity contribution in [3.05, 3.63) is 48.5 Å². The topological polar surface area (TPSA) is 96.5 Å². The van der Waals surface area contributed by atoms with Gasteiger partial charge in [0.2, 0.25) is 11.8 Å². The van der Waals surface area contributed by atoms with E-state index in [1.165, 1.54) is 6.92 Å². The van der Waals surface area contributed by atoms with Crippen LogP contribution in [0.5, 0.6) is 5.88 Å². The van der Waals surface area contributed by atoms with Crippen molar-refractivity contribution in [1.29, 1.82) is 0 Å². The van der Waals surface area contributed by atoms with Gasteiger partial charge in [0.1, 0.15) is 0 Å². The molecule has 2 N–H and O–H groups in total. The number of hydrogen-bond donors (Lipinski definition) is 2. The summed E-state index contributed by atoms with van der Waals surface area (Å²) >= 11 is 0. The smallest absolute Gasteiger partial charge is 0.258 e. The molecule has 0 aliphatic carbocycles. The molecule has 0 radical (unpaired) electrons. The second-order valence-corrected chi connectivity index (χ2v) is 7.78. The highest BCUT2D eigenvalue weighted by molar-refractivity contribution is 5.93. The molecule has 2 heterocycles. The van der Waals surface area contributed by atoms with E-state index in [9.17, 15) is 9.59 Å². The highest BCUT2D eigenvalue weighted by Crippen LogP contribution is 2.31. The molecule has 1 saturated heterocycles. The Bertz CT molecular complexity index is 1110. The number of nitrogens with one attached hydrogen (secondary N) is 2. The average Bonchev–Trinajstić information content (AvgIpc) is 2.80. The summed E-state index contributed by atoms with van der Waals surface area (Å²) in [5.74, 6) is 1.07. The number of benzene rings is 2. The second kappa shape index (κ2) is 9.64. The molecule has 1 aliphatic heterocycles. The Morgan fingerprint density at radius 3 is 2.16 bits per heavy atom. The molecule has 2 aromatic carbocycles. The molecule has 8 nitrogen and oxygen atoms in total. The van der Waals surface area contributed by atoms with Gasteiger partial charge in [0.25, 0.3) is 5.88 Å². The predicted molar refractivity (Wildman–Crippen MR) is 125 cm³/mol. The van der Waals surface area contributed by atoms with E-state index >= 15 is 0 Å². The molecule has 0 spiro atoms. The van der Waals surface area contributed by atoms with Crippen molar-refractivity contribution < 1.29 is 14.3 Å². The molecule has 0 bridgehead atoms. The van der Waals surface area contributed by atoms with E-state index < -0.39 is 0 Å². The molecule has 0 unspecified atom stereocenters. The Labute approximate surface area is 187 Å². The van der Waals surface area contributed by atoms with Crippen LogP contribution in [0, 0.1) is 5.92 Å². The number of aromatic nitrogens is 2. The van der Waals surface area contributed by atoms with Crippen molar-refractivity contribution in [3.8, 4) is 5.88 Å². The predicted octanol–water partition coefficient (Wildman–Crippen LogP) is 3.84. The van der Waals surface area contributed by atoms with Crippen molar-refractivity contribution in [1.82, 2.24) is 9.97 Å². The van der Waals surface area contributed by atoms with Crippen LogP contribution in [0.25, 0.3) is 11.0 Å². The fourth-order valence-electron chi connectivity index (χ4n) is 3.85. The van der Waals surface area contributed by atoms with Gasteiger partial charge in [-0.3, -0.25) is 9.59 Å². The van der Waals surface area contributed by atoms with Crippen LogP contribution in [0.15, 0.2) is 48.5 Å². The van der Waals surface area contributed by atoms with Crippen molar-refractivity contribution in [3.63, 3.8) is 0 Å². The summed E-state index contributed by atoms with van der Waals surface area (Å²) in [6.45, 7) is 5.31. The summed E-state index contributed by atoms with van der Waals surface area (Å²) in [6.07, 6.45) is 1.44. The first-order valence-corrected chi connectivity index (χ1v) is 10.9. The Morgan fingerprint density at radius 2 is 1.56 bits per heavy atom. The van der Waals surface area contributed by atoms with Gasteiger partial charge in [0.05, 0.1) is 17.6 Å². The number of rotatable bonds is 6. The fourth-order valence-corrected chi connectivity index (χ4v) is 3.85. The van der Waals surface area contributed by atoms with Gasteiger partial charge in [0.15, 0.2) is 5.82 Å². The van der Waals surface area contributed by atoms with Crippen LogP contribution >= 0.6 is 0 Å². The highest BCUT2D eigenvalue weighted by atomic mass is 16.5. The Balaban J connectivity index is 1.40. The third-order valence-electron chi connectivity index (χ3n) is 5.44. The molecule has 1 fully saturated rings. The summed E-state index contributed by atoms with van der Waals surface area (Å²) in [6, 6.07) is 14.9. The molecule has 8 heteroatoms. The Hall–Kier alpha value is -3.68. The molecule has 166 valence electrons. The number of amides is 2. The highest BCUT2D eigenvalue weighted by Gasteiger charge is 2.28. The van der Waals surface area contributed by atoms with Crippen LogP contribution in [-0.4, -0.2) is 41.5 Å². The van der Waals surface area contributed by atoms with Crippen molar-refractivity contribution in [2.75, 3.05) is 35.2 Å². The number of carbonyl (C=O) groups is 2. The number of para-hydroxylation sites is 2. The lowest BCUT2D eigenvalue weighted by Crippen LogP contribution is -2.38. The minimum absolute atomic E-state index is 0.00607. The lowest BCUT2D eigenvalue weighted by molar-refractivity contribution is -0.120. The SMILES string of the molecule is CCOc1nc2ccccc2nc1N1CCC(C(=O)Nc2ccc(NC(C)=O)cc2)CC1. The fraction of sp³-hybridized carbons (Fsp3) is 0.333. The minimum Gasteiger partial charge on any atom is -0.475 e. The van der Waals surface area contributed by atoms with Crippen molar-refractivity contribution >= 4 is 40.0 Å². The molecule has 2 amide bonds. The molecule has 0 atom stereocenters. The van der Waals surface area contributed by atoms with E-state index in [4.69, 9.17) is 9.72 Å². The van der Waals surface area contributed by atoms with Gasteiger partial charge in [-0.05, 0) is 56.2 Å². The monoisotopic (exact) mass is 433 g/mol. The van der Waals surface area contributed by atoms with Gasteiger partial charge in [0, 0.05) is 37.3 Å².